The molecule has 0 spiro atoms. The molecule has 13 heavy (non-hydrogen) atoms. The van der Waals surface area contributed by atoms with Crippen molar-refractivity contribution >= 4 is 23.1 Å². The van der Waals surface area contributed by atoms with E-state index in [0.717, 1.165) is 11.5 Å². The first kappa shape index (κ1) is 10.4. The Morgan fingerprint density at radius 3 is 2.62 bits per heavy atom. The van der Waals surface area contributed by atoms with E-state index < -0.39 is 16.4 Å². The number of methoxy groups -OCH3 is 1. The highest BCUT2D eigenvalue weighted by atomic mass is 32.3. The summed E-state index contributed by atoms with van der Waals surface area (Å²) >= 11 is 0. The number of hydrogen-bond donors (Lipinski definition) is 0. The van der Waals surface area contributed by atoms with Crippen LogP contribution in [0, 0.1) is 0 Å². The minimum absolute atomic E-state index is 0.378. The van der Waals surface area contributed by atoms with Gasteiger partial charge in [0.2, 0.25) is 0 Å². The van der Waals surface area contributed by atoms with E-state index in [1.54, 1.807) is 0 Å². The second-order valence-corrected chi connectivity index (χ2v) is 6.27. The summed E-state index contributed by atoms with van der Waals surface area (Å²) in [7, 11) is 0.192. The molecule has 1 aliphatic rings. The van der Waals surface area contributed by atoms with E-state index in [-0.39, 0.29) is 0 Å². The summed E-state index contributed by atoms with van der Waals surface area (Å²) in [4.78, 5) is 10.7. The zero-order valence-electron chi connectivity index (χ0n) is 7.82. The van der Waals surface area contributed by atoms with Gasteiger partial charge in [0.15, 0.2) is 0 Å². The minimum atomic E-state index is -1.11. The molecule has 1 fully saturated rings. The molecule has 0 N–H and O–H groups in total. The van der Waals surface area contributed by atoms with Gasteiger partial charge in [0, 0.05) is 0 Å². The van der Waals surface area contributed by atoms with Crippen LogP contribution in [-0.2, 0) is 9.47 Å². The molecule has 0 radical (unpaired) electrons. The van der Waals surface area contributed by atoms with E-state index in [0.29, 0.717) is 5.94 Å². The van der Waals surface area contributed by atoms with Gasteiger partial charge in [0.1, 0.15) is 5.94 Å². The molecule has 5 heteroatoms. The van der Waals surface area contributed by atoms with Crippen LogP contribution in [0.2, 0.25) is 0 Å². The molecule has 0 aromatic carbocycles. The monoisotopic (exact) mass is 205 g/mol. The fraction of sp³-hybridized carbons (Fsp3) is 0.750. The molecule has 0 saturated carbocycles. The Bertz CT molecular complexity index is 202. The van der Waals surface area contributed by atoms with Crippen molar-refractivity contribution in [2.75, 3.05) is 24.6 Å². The fourth-order valence-electron chi connectivity index (χ4n) is 1.34. The number of carbonyl (C=O) groups is 1. The number of nitrogens with zero attached hydrogens (tertiary/aromatic N) is 1. The first-order valence-electron chi connectivity index (χ1n) is 4.17. The van der Waals surface area contributed by atoms with Crippen molar-refractivity contribution in [1.82, 2.24) is 0 Å². The van der Waals surface area contributed by atoms with Crippen LogP contribution in [0.5, 0.6) is 0 Å². The van der Waals surface area contributed by atoms with Gasteiger partial charge in [-0.2, -0.15) is 0 Å². The SMILES string of the molecule is C=NS1(COC(=O)OC)CCCC1. The van der Waals surface area contributed by atoms with E-state index in [4.69, 9.17) is 4.74 Å². The van der Waals surface area contributed by atoms with Crippen LogP contribution in [-0.4, -0.2) is 37.4 Å². The van der Waals surface area contributed by atoms with E-state index in [1.165, 1.54) is 20.0 Å². The molecule has 4 nitrogen and oxygen atoms in total. The van der Waals surface area contributed by atoms with Gasteiger partial charge >= 0.3 is 6.16 Å². The van der Waals surface area contributed by atoms with Crippen LogP contribution in [0.1, 0.15) is 12.8 Å². The summed E-state index contributed by atoms with van der Waals surface area (Å²) < 4.78 is 13.4. The lowest BCUT2D eigenvalue weighted by molar-refractivity contribution is 0.0872. The molecule has 0 aromatic heterocycles. The number of ether oxygens (including phenoxy) is 2. The Morgan fingerprint density at radius 1 is 1.54 bits per heavy atom. The summed E-state index contributed by atoms with van der Waals surface area (Å²) in [5.74, 6) is 2.45. The Labute approximate surface area is 79.8 Å². The third-order valence-corrected chi connectivity index (χ3v) is 5.34. The fourth-order valence-corrected chi connectivity index (χ4v) is 3.92. The predicted molar refractivity (Wildman–Crippen MR) is 54.5 cm³/mol. The molecule has 1 aliphatic heterocycles. The van der Waals surface area contributed by atoms with Crippen LogP contribution in [0.4, 0.5) is 4.79 Å². The van der Waals surface area contributed by atoms with Crippen molar-refractivity contribution in [3.05, 3.63) is 0 Å². The van der Waals surface area contributed by atoms with Gasteiger partial charge in [-0.25, -0.2) is 4.79 Å². The van der Waals surface area contributed by atoms with Gasteiger partial charge < -0.3 is 9.47 Å². The van der Waals surface area contributed by atoms with Gasteiger partial charge in [0.25, 0.3) is 0 Å². The third kappa shape index (κ3) is 2.62. The number of carbonyl (C=O) groups excluding carboxylic acids is 1. The molecule has 1 saturated heterocycles. The molecule has 0 bridgehead atoms. The largest absolute Gasteiger partial charge is 0.508 e. The molecule has 0 atom stereocenters. The van der Waals surface area contributed by atoms with Crippen molar-refractivity contribution in [1.29, 1.82) is 0 Å². The van der Waals surface area contributed by atoms with E-state index >= 15 is 0 Å². The standard InChI is InChI=1S/C8H15NO3S/c1-9-13(5-3-4-6-13)7-12-8(10)11-2/h1,3-7H2,2H3. The van der Waals surface area contributed by atoms with Gasteiger partial charge in [-0.3, -0.25) is 4.40 Å². The average molecular weight is 205 g/mol. The Kier molecular flexibility index (Phi) is 3.59. The van der Waals surface area contributed by atoms with Crippen molar-refractivity contribution in [3.63, 3.8) is 0 Å². The quantitative estimate of drug-likeness (QED) is 0.522. The Hall–Kier alpha value is -0.710. The highest BCUT2D eigenvalue weighted by Crippen LogP contribution is 2.54. The van der Waals surface area contributed by atoms with Gasteiger partial charge in [-0.05, 0) is 31.1 Å². The number of rotatable bonds is 3. The molecule has 76 valence electrons. The summed E-state index contributed by atoms with van der Waals surface area (Å²) in [6.07, 6.45) is 1.71. The maximum absolute atomic E-state index is 10.7. The smallest absolute Gasteiger partial charge is 0.438 e. The summed E-state index contributed by atoms with van der Waals surface area (Å²) in [6.45, 7) is 3.57. The van der Waals surface area contributed by atoms with Gasteiger partial charge in [0.05, 0.1) is 7.11 Å². The topological polar surface area (TPSA) is 47.9 Å². The van der Waals surface area contributed by atoms with Crippen LogP contribution in [0.25, 0.3) is 0 Å². The van der Waals surface area contributed by atoms with E-state index in [2.05, 4.69) is 15.9 Å². The summed E-state index contributed by atoms with van der Waals surface area (Å²) in [6, 6.07) is 0. The molecule has 0 unspecified atom stereocenters. The summed E-state index contributed by atoms with van der Waals surface area (Å²) in [5, 5.41) is 0. The lowest BCUT2D eigenvalue weighted by Crippen LogP contribution is -2.12. The third-order valence-electron chi connectivity index (χ3n) is 2.14. The zero-order chi connectivity index (χ0) is 9.73. The molecule has 1 rings (SSSR count). The molecule has 0 aromatic rings. The van der Waals surface area contributed by atoms with Crippen molar-refractivity contribution in [3.8, 4) is 0 Å². The predicted octanol–water partition coefficient (Wildman–Crippen LogP) is 1.94. The van der Waals surface area contributed by atoms with Crippen LogP contribution in [0.15, 0.2) is 4.40 Å². The maximum atomic E-state index is 10.7. The van der Waals surface area contributed by atoms with Gasteiger partial charge in [-0.15, -0.1) is 10.2 Å². The lowest BCUT2D eigenvalue weighted by Gasteiger charge is -2.28. The van der Waals surface area contributed by atoms with Crippen molar-refractivity contribution in [2.24, 2.45) is 4.40 Å². The highest BCUT2D eigenvalue weighted by Gasteiger charge is 2.28. The number of hydrogen-bond acceptors (Lipinski definition) is 4. The zero-order valence-corrected chi connectivity index (χ0v) is 8.64. The Morgan fingerprint density at radius 2 is 2.15 bits per heavy atom. The first-order chi connectivity index (χ1) is 6.22. The lowest BCUT2D eigenvalue weighted by atomic mass is 10.4. The average Bonchev–Trinajstić information content (AvgIpc) is 2.63. The molecule has 0 aliphatic carbocycles. The first-order valence-corrected chi connectivity index (χ1v) is 6.27. The van der Waals surface area contributed by atoms with Gasteiger partial charge in [-0.1, -0.05) is 0 Å². The minimum Gasteiger partial charge on any atom is -0.438 e. The molecular weight excluding hydrogens is 190 g/mol. The van der Waals surface area contributed by atoms with Crippen LogP contribution < -0.4 is 0 Å². The van der Waals surface area contributed by atoms with E-state index in [9.17, 15) is 4.79 Å². The van der Waals surface area contributed by atoms with E-state index in [1.807, 2.05) is 0 Å². The Balaban J connectivity index is 2.40. The highest BCUT2D eigenvalue weighted by molar-refractivity contribution is 8.32. The second-order valence-electron chi connectivity index (χ2n) is 2.96. The normalized spacial score (nSPS) is 21.9. The summed E-state index contributed by atoms with van der Waals surface area (Å²) in [5.41, 5.74) is 0. The van der Waals surface area contributed by atoms with Crippen molar-refractivity contribution in [2.45, 2.75) is 12.8 Å². The second kappa shape index (κ2) is 4.50. The van der Waals surface area contributed by atoms with Crippen LogP contribution in [0.3, 0.4) is 0 Å². The molecular formula is C8H15NO3S. The molecule has 1 heterocycles. The molecule has 0 amide bonds. The maximum Gasteiger partial charge on any atom is 0.508 e. The van der Waals surface area contributed by atoms with Crippen LogP contribution >= 0.6 is 10.2 Å². The van der Waals surface area contributed by atoms with Crippen molar-refractivity contribution < 1.29 is 14.3 Å².